The monoisotopic (exact) mass is 893 g/mol. The molecule has 0 saturated carbocycles. The number of halogens is 2. The summed E-state index contributed by atoms with van der Waals surface area (Å²) in [6, 6.07) is 10.4. The van der Waals surface area contributed by atoms with E-state index in [1.807, 2.05) is 6.08 Å². The zero-order valence-electron chi connectivity index (χ0n) is 33.1. The zero-order chi connectivity index (χ0) is 42.9. The molecular formula is C38H47Cl2N7O10P2. The van der Waals surface area contributed by atoms with Crippen LogP contribution in [0.3, 0.4) is 0 Å². The Kier molecular flexibility index (Phi) is 15.6. The number of esters is 2. The Labute approximate surface area is 352 Å². The van der Waals surface area contributed by atoms with Crippen molar-refractivity contribution in [1.29, 1.82) is 0 Å². The Balaban J connectivity index is 1.42. The highest BCUT2D eigenvalue weighted by molar-refractivity contribution is 7.55. The number of carbonyl (C=O) groups excluding carboxylic acids is 4. The Morgan fingerprint density at radius 1 is 0.847 bits per heavy atom. The van der Waals surface area contributed by atoms with Gasteiger partial charge in [-0.3, -0.25) is 19.2 Å². The number of allylic oxidation sites excluding steroid dienone is 4. The van der Waals surface area contributed by atoms with Crippen LogP contribution in [0.1, 0.15) is 74.2 Å². The minimum atomic E-state index is -4.39. The van der Waals surface area contributed by atoms with Crippen molar-refractivity contribution < 1.29 is 46.8 Å². The zero-order valence-corrected chi connectivity index (χ0v) is 36.4. The second-order valence-corrected chi connectivity index (χ2v) is 18.7. The standard InChI is InChI=1S/C38H47Cl2N7O10P2/c1-24(2)55-38(51)26(4)44-58(52,56-28-13-8-6-9-14-28)46-21-19-27(20-22-46)41-36(49)34-32(42-35(48)33-30(39)17-12-18-31(33)40)23-47(43-34)59(53,45-25(3)37(50)54-5)57-29-15-10-7-11-16-29/h6-10,12-15,17-18,23-27H,11,16,19-22H2,1-5H3,(H,41,49)(H,42,48)(H,44,52)(H,45,53)/t25-,26-,58?,59?/m0/s1. The van der Waals surface area contributed by atoms with Crippen LogP contribution in [0, 0.1) is 0 Å². The van der Waals surface area contributed by atoms with E-state index in [9.17, 15) is 28.3 Å². The van der Waals surface area contributed by atoms with Crippen molar-refractivity contribution in [2.24, 2.45) is 0 Å². The predicted molar refractivity (Wildman–Crippen MR) is 222 cm³/mol. The maximum absolute atomic E-state index is 14.7. The Hall–Kier alpha value is -4.47. The van der Waals surface area contributed by atoms with Crippen molar-refractivity contribution in [2.75, 3.05) is 25.5 Å². The topological polar surface area (TPSA) is 209 Å². The van der Waals surface area contributed by atoms with Gasteiger partial charge in [0, 0.05) is 25.6 Å². The van der Waals surface area contributed by atoms with Crippen molar-refractivity contribution in [3.05, 3.63) is 100 Å². The molecule has 4 atom stereocenters. The Morgan fingerprint density at radius 2 is 1.49 bits per heavy atom. The molecule has 0 bridgehead atoms. The van der Waals surface area contributed by atoms with Crippen LogP contribution in [0.2, 0.25) is 10.0 Å². The van der Waals surface area contributed by atoms with E-state index in [1.54, 1.807) is 67.1 Å². The number of nitrogens with one attached hydrogen (secondary N) is 4. The van der Waals surface area contributed by atoms with Crippen LogP contribution < -0.4 is 25.3 Å². The number of hydrogen-bond acceptors (Lipinski definition) is 11. The molecule has 2 unspecified atom stereocenters. The first kappa shape index (κ1) is 45.6. The quantitative estimate of drug-likeness (QED) is 0.0787. The number of hydrogen-bond donors (Lipinski definition) is 4. The van der Waals surface area contributed by atoms with Crippen LogP contribution in [0.4, 0.5) is 5.69 Å². The number of amides is 2. The summed E-state index contributed by atoms with van der Waals surface area (Å²) in [5.74, 6) is -2.26. The van der Waals surface area contributed by atoms with E-state index in [0.29, 0.717) is 24.4 Å². The molecule has 2 amide bonds. The van der Waals surface area contributed by atoms with Crippen LogP contribution >= 0.6 is 38.5 Å². The van der Waals surface area contributed by atoms with Gasteiger partial charge in [-0.2, -0.15) is 9.55 Å². The number of carbonyl (C=O) groups is 4. The van der Waals surface area contributed by atoms with E-state index in [-0.39, 0.29) is 59.0 Å². The number of ether oxygens (including phenoxy) is 2. The third-order valence-corrected chi connectivity index (χ3v) is 13.9. The van der Waals surface area contributed by atoms with E-state index in [0.717, 1.165) is 10.6 Å². The van der Waals surface area contributed by atoms with E-state index >= 15 is 0 Å². The minimum absolute atomic E-state index is 0.0363. The smallest absolute Gasteiger partial charge is 0.439 e. The van der Waals surface area contributed by atoms with Crippen molar-refractivity contribution in [3.8, 4) is 5.75 Å². The van der Waals surface area contributed by atoms with Crippen molar-refractivity contribution in [1.82, 2.24) is 29.7 Å². The molecule has 21 heteroatoms. The average molecular weight is 895 g/mol. The Bertz CT molecular complexity index is 2160. The summed E-state index contributed by atoms with van der Waals surface area (Å²) in [6.07, 6.45) is 7.53. The lowest BCUT2D eigenvalue weighted by molar-refractivity contribution is -0.149. The van der Waals surface area contributed by atoms with Gasteiger partial charge in [0.05, 0.1) is 40.7 Å². The molecule has 17 nitrogen and oxygen atoms in total. The lowest BCUT2D eigenvalue weighted by atomic mass is 10.1. The van der Waals surface area contributed by atoms with Gasteiger partial charge in [0.2, 0.25) is 0 Å². The number of anilines is 1. The molecule has 4 N–H and O–H groups in total. The van der Waals surface area contributed by atoms with Crippen LogP contribution in [-0.2, 0) is 32.7 Å². The fourth-order valence-electron chi connectivity index (χ4n) is 6.02. The third kappa shape index (κ3) is 11.8. The van der Waals surface area contributed by atoms with E-state index < -0.39 is 57.2 Å². The average Bonchev–Trinajstić information content (AvgIpc) is 3.63. The number of rotatable bonds is 17. The second kappa shape index (κ2) is 20.2. The number of nitrogens with zero attached hydrogens (tertiary/aromatic N) is 3. The highest BCUT2D eigenvalue weighted by Crippen LogP contribution is 2.50. The first-order valence-corrected chi connectivity index (χ1v) is 22.7. The summed E-state index contributed by atoms with van der Waals surface area (Å²) in [6.45, 7) is 6.70. The minimum Gasteiger partial charge on any atom is -0.468 e. The molecule has 0 spiro atoms. The number of aromatic nitrogens is 2. The van der Waals surface area contributed by atoms with Crippen LogP contribution in [0.5, 0.6) is 5.75 Å². The largest absolute Gasteiger partial charge is 0.468 e. The van der Waals surface area contributed by atoms with Gasteiger partial charge >= 0.3 is 27.3 Å². The molecule has 2 aromatic carbocycles. The normalized spacial score (nSPS) is 17.7. The number of piperidine rings is 1. The molecule has 1 aliphatic carbocycles. The number of para-hydroxylation sites is 1. The summed E-state index contributed by atoms with van der Waals surface area (Å²) in [5, 5.41) is 15.5. The number of benzene rings is 2. The molecule has 1 saturated heterocycles. The van der Waals surface area contributed by atoms with Gasteiger partial charge in [-0.05, 0) is 77.3 Å². The fourth-order valence-corrected chi connectivity index (χ4v) is 10.5. The fraction of sp³-hybridized carbons (Fsp3) is 0.395. The molecule has 59 heavy (non-hydrogen) atoms. The van der Waals surface area contributed by atoms with E-state index in [4.69, 9.17) is 41.7 Å². The van der Waals surface area contributed by atoms with Gasteiger partial charge in [0.15, 0.2) is 5.69 Å². The lowest BCUT2D eigenvalue weighted by Crippen LogP contribution is -2.47. The van der Waals surface area contributed by atoms with Crippen LogP contribution in [0.25, 0.3) is 0 Å². The molecule has 5 rings (SSSR count). The highest BCUT2D eigenvalue weighted by Gasteiger charge is 2.41. The molecule has 318 valence electrons. The van der Waals surface area contributed by atoms with E-state index in [1.165, 1.54) is 33.1 Å². The summed E-state index contributed by atoms with van der Waals surface area (Å²) in [5.41, 5.74) is -0.613. The first-order valence-electron chi connectivity index (χ1n) is 18.8. The van der Waals surface area contributed by atoms with Gasteiger partial charge < -0.3 is 29.2 Å². The van der Waals surface area contributed by atoms with Crippen LogP contribution in [0.15, 0.2) is 78.7 Å². The van der Waals surface area contributed by atoms with Gasteiger partial charge in [0.25, 0.3) is 11.8 Å². The molecule has 1 fully saturated rings. The SMILES string of the molecule is COC(=O)[C@H](C)NP(=O)(OC1=CC=CCC1)n1cc(NC(=O)c2c(Cl)cccc2Cl)c(C(=O)NC2CCN(P(=O)(N[C@@H](C)C(=O)OC(C)C)Oc3ccccc3)CC2)n1. The van der Waals surface area contributed by atoms with Crippen molar-refractivity contribution in [2.45, 2.75) is 77.6 Å². The summed E-state index contributed by atoms with van der Waals surface area (Å²) < 4.78 is 53.8. The maximum Gasteiger partial charge on any atom is 0.439 e. The van der Waals surface area contributed by atoms with Gasteiger partial charge in [-0.1, -0.05) is 59.6 Å². The van der Waals surface area contributed by atoms with Crippen molar-refractivity contribution >= 4 is 68.0 Å². The summed E-state index contributed by atoms with van der Waals surface area (Å²) in [7, 11) is -7.13. The molecule has 2 heterocycles. The summed E-state index contributed by atoms with van der Waals surface area (Å²) >= 11 is 12.7. The van der Waals surface area contributed by atoms with Gasteiger partial charge in [-0.25, -0.2) is 24.0 Å². The molecule has 1 aromatic heterocycles. The van der Waals surface area contributed by atoms with Gasteiger partial charge in [0.1, 0.15) is 23.6 Å². The first-order chi connectivity index (χ1) is 28.0. The Morgan fingerprint density at radius 3 is 2.10 bits per heavy atom. The molecule has 2 aliphatic rings. The van der Waals surface area contributed by atoms with Crippen LogP contribution in [-0.4, -0.2) is 82.4 Å². The lowest BCUT2D eigenvalue weighted by Gasteiger charge is -2.37. The van der Waals surface area contributed by atoms with Crippen molar-refractivity contribution in [3.63, 3.8) is 0 Å². The van der Waals surface area contributed by atoms with Gasteiger partial charge in [-0.15, -0.1) is 0 Å². The molecular weight excluding hydrogens is 847 g/mol. The summed E-state index contributed by atoms with van der Waals surface area (Å²) in [4.78, 5) is 52.9. The maximum atomic E-state index is 14.7. The highest BCUT2D eigenvalue weighted by atomic mass is 35.5. The number of methoxy groups -OCH3 is 1. The second-order valence-electron chi connectivity index (χ2n) is 13.9. The predicted octanol–water partition coefficient (Wildman–Crippen LogP) is 7.11. The molecule has 1 aliphatic heterocycles. The molecule has 0 radical (unpaired) electrons. The molecule has 3 aromatic rings. The third-order valence-electron chi connectivity index (χ3n) is 8.97. The van der Waals surface area contributed by atoms with E-state index in [2.05, 4.69) is 25.9 Å².